The average Bonchev–Trinajstić information content (AvgIpc) is 1.63. The van der Waals surface area contributed by atoms with Gasteiger partial charge in [0, 0.05) is 12.6 Å². The molecule has 3 N–H and O–H groups in total. The summed E-state index contributed by atoms with van der Waals surface area (Å²) in [6.45, 7) is 2.46. The van der Waals surface area contributed by atoms with Gasteiger partial charge in [-0.05, 0) is 14.0 Å². The predicted molar refractivity (Wildman–Crippen MR) is 34.5 cm³/mol. The van der Waals surface area contributed by atoms with Gasteiger partial charge < -0.3 is 15.7 Å². The highest BCUT2D eigenvalue weighted by molar-refractivity contribution is 5.64. The van der Waals surface area contributed by atoms with Crippen LogP contribution in [0.15, 0.2) is 0 Å². The van der Waals surface area contributed by atoms with Crippen LogP contribution < -0.4 is 10.6 Å². The number of rotatable bonds is 3. The Balaban J connectivity index is 3.26. The van der Waals surface area contributed by atoms with E-state index in [9.17, 15) is 4.79 Å². The lowest BCUT2D eigenvalue weighted by atomic mass is 10.3. The zero-order valence-corrected chi connectivity index (χ0v) is 5.64. The van der Waals surface area contributed by atoms with Crippen LogP contribution >= 0.6 is 0 Å². The zero-order chi connectivity index (χ0) is 7.28. The minimum atomic E-state index is -0.974. The first kappa shape index (κ1) is 8.23. The quantitative estimate of drug-likeness (QED) is 0.501. The van der Waals surface area contributed by atoms with E-state index in [4.69, 9.17) is 5.11 Å². The summed E-state index contributed by atoms with van der Waals surface area (Å²) >= 11 is 0. The van der Waals surface area contributed by atoms with Gasteiger partial charge in [0.15, 0.2) is 0 Å². The standard InChI is InChI=1S/C5H12N2O2/c1-4(3-6-2)7-5(8)9/h4,6-7H,3H2,1-2H3,(H,8,9)/t4-/m0/s1. The summed E-state index contributed by atoms with van der Waals surface area (Å²) in [6.07, 6.45) is -0.974. The number of hydrogen-bond donors (Lipinski definition) is 3. The molecule has 54 valence electrons. The van der Waals surface area contributed by atoms with Crippen molar-refractivity contribution in [3.8, 4) is 0 Å². The fourth-order valence-corrected chi connectivity index (χ4v) is 0.568. The number of carbonyl (C=O) groups is 1. The molecule has 4 heteroatoms. The highest BCUT2D eigenvalue weighted by atomic mass is 16.4. The Bertz CT molecular complexity index is 95.0. The van der Waals surface area contributed by atoms with Gasteiger partial charge in [0.2, 0.25) is 0 Å². The summed E-state index contributed by atoms with van der Waals surface area (Å²) in [5, 5.41) is 13.3. The number of amides is 1. The molecule has 0 rings (SSSR count). The van der Waals surface area contributed by atoms with Gasteiger partial charge in [0.25, 0.3) is 0 Å². The van der Waals surface area contributed by atoms with Gasteiger partial charge in [0.1, 0.15) is 0 Å². The van der Waals surface area contributed by atoms with Crippen molar-refractivity contribution in [3.05, 3.63) is 0 Å². The molecule has 0 aromatic carbocycles. The lowest BCUT2D eigenvalue weighted by Gasteiger charge is -2.08. The number of likely N-dealkylation sites (N-methyl/N-ethyl adjacent to an activating group) is 1. The maximum atomic E-state index is 9.95. The summed E-state index contributed by atoms with van der Waals surface area (Å²) in [4.78, 5) is 9.95. The van der Waals surface area contributed by atoms with Crippen molar-refractivity contribution in [2.75, 3.05) is 13.6 Å². The van der Waals surface area contributed by atoms with Crippen LogP contribution in [-0.2, 0) is 0 Å². The maximum Gasteiger partial charge on any atom is 0.404 e. The van der Waals surface area contributed by atoms with Crippen LogP contribution in [0.1, 0.15) is 6.92 Å². The maximum absolute atomic E-state index is 9.95. The molecule has 1 amide bonds. The van der Waals surface area contributed by atoms with Gasteiger partial charge >= 0.3 is 6.09 Å². The zero-order valence-electron chi connectivity index (χ0n) is 5.64. The van der Waals surface area contributed by atoms with Gasteiger partial charge in [-0.25, -0.2) is 4.79 Å². The minimum Gasteiger partial charge on any atom is -0.465 e. The smallest absolute Gasteiger partial charge is 0.404 e. The van der Waals surface area contributed by atoms with Crippen molar-refractivity contribution in [1.29, 1.82) is 0 Å². The monoisotopic (exact) mass is 132 g/mol. The molecule has 0 aliphatic heterocycles. The third-order valence-electron chi connectivity index (χ3n) is 0.880. The van der Waals surface area contributed by atoms with Gasteiger partial charge in [-0.2, -0.15) is 0 Å². The summed E-state index contributed by atoms with van der Waals surface area (Å²) < 4.78 is 0. The van der Waals surface area contributed by atoms with Gasteiger partial charge in [-0.1, -0.05) is 0 Å². The second-order valence-corrected chi connectivity index (χ2v) is 1.91. The molecular formula is C5H12N2O2. The Morgan fingerprint density at radius 2 is 2.33 bits per heavy atom. The van der Waals surface area contributed by atoms with Gasteiger partial charge in [-0.15, -0.1) is 0 Å². The van der Waals surface area contributed by atoms with E-state index >= 15 is 0 Å². The molecule has 0 fully saturated rings. The Morgan fingerprint density at radius 1 is 1.78 bits per heavy atom. The van der Waals surface area contributed by atoms with Crippen molar-refractivity contribution in [1.82, 2.24) is 10.6 Å². The minimum absolute atomic E-state index is 0.0208. The molecule has 0 heterocycles. The first-order chi connectivity index (χ1) is 4.16. The van der Waals surface area contributed by atoms with Gasteiger partial charge in [-0.3, -0.25) is 0 Å². The molecule has 0 aromatic heterocycles. The summed E-state index contributed by atoms with van der Waals surface area (Å²) in [6, 6.07) is -0.0208. The molecule has 0 unspecified atom stereocenters. The molecule has 0 radical (unpaired) electrons. The predicted octanol–water partition coefficient (Wildman–Crippen LogP) is -0.138. The third kappa shape index (κ3) is 5.10. The molecule has 0 saturated carbocycles. The fraction of sp³-hybridized carbons (Fsp3) is 0.800. The van der Waals surface area contributed by atoms with Crippen LogP contribution in [0.2, 0.25) is 0 Å². The molecule has 4 nitrogen and oxygen atoms in total. The molecular weight excluding hydrogens is 120 g/mol. The highest BCUT2D eigenvalue weighted by Gasteiger charge is 2.01. The second kappa shape index (κ2) is 4.14. The van der Waals surface area contributed by atoms with E-state index in [0.717, 1.165) is 0 Å². The SMILES string of the molecule is CNC[C@H](C)NC(=O)O. The summed E-state index contributed by atoms with van der Waals surface area (Å²) in [5.74, 6) is 0. The van der Waals surface area contributed by atoms with Crippen LogP contribution in [0.5, 0.6) is 0 Å². The highest BCUT2D eigenvalue weighted by Crippen LogP contribution is 1.75. The lowest BCUT2D eigenvalue weighted by Crippen LogP contribution is -2.37. The first-order valence-corrected chi connectivity index (χ1v) is 2.81. The number of nitrogens with one attached hydrogen (secondary N) is 2. The molecule has 0 bridgehead atoms. The van der Waals surface area contributed by atoms with E-state index in [2.05, 4.69) is 10.6 Å². The second-order valence-electron chi connectivity index (χ2n) is 1.91. The molecule has 0 aromatic rings. The molecule has 0 aliphatic rings. The average molecular weight is 132 g/mol. The third-order valence-corrected chi connectivity index (χ3v) is 0.880. The van der Waals surface area contributed by atoms with Crippen molar-refractivity contribution in [2.24, 2.45) is 0 Å². The topological polar surface area (TPSA) is 61.4 Å². The number of carboxylic acid groups (broad SMARTS) is 1. The van der Waals surface area contributed by atoms with Crippen molar-refractivity contribution >= 4 is 6.09 Å². The fourth-order valence-electron chi connectivity index (χ4n) is 0.568. The van der Waals surface area contributed by atoms with Crippen LogP contribution in [0, 0.1) is 0 Å². The van der Waals surface area contributed by atoms with Crippen molar-refractivity contribution in [2.45, 2.75) is 13.0 Å². The van der Waals surface area contributed by atoms with E-state index < -0.39 is 6.09 Å². The Kier molecular flexibility index (Phi) is 3.79. The van der Waals surface area contributed by atoms with Crippen LogP contribution in [0.4, 0.5) is 4.79 Å². The van der Waals surface area contributed by atoms with Crippen LogP contribution in [0.3, 0.4) is 0 Å². The van der Waals surface area contributed by atoms with E-state index in [-0.39, 0.29) is 6.04 Å². The van der Waals surface area contributed by atoms with E-state index in [1.165, 1.54) is 0 Å². The normalized spacial score (nSPS) is 12.7. The van der Waals surface area contributed by atoms with Gasteiger partial charge in [0.05, 0.1) is 0 Å². The van der Waals surface area contributed by atoms with Crippen molar-refractivity contribution < 1.29 is 9.90 Å². The molecule has 0 spiro atoms. The van der Waals surface area contributed by atoms with Crippen LogP contribution in [0.25, 0.3) is 0 Å². The molecule has 0 saturated heterocycles. The molecule has 9 heavy (non-hydrogen) atoms. The Morgan fingerprint density at radius 3 is 2.67 bits per heavy atom. The summed E-state index contributed by atoms with van der Waals surface area (Å²) in [5.41, 5.74) is 0. The van der Waals surface area contributed by atoms with E-state index in [1.54, 1.807) is 14.0 Å². The summed E-state index contributed by atoms with van der Waals surface area (Å²) in [7, 11) is 1.78. The van der Waals surface area contributed by atoms with Crippen molar-refractivity contribution in [3.63, 3.8) is 0 Å². The molecule has 0 aliphatic carbocycles. The lowest BCUT2D eigenvalue weighted by molar-refractivity contribution is 0.190. The Hall–Kier alpha value is -0.770. The van der Waals surface area contributed by atoms with E-state index in [0.29, 0.717) is 6.54 Å². The largest absolute Gasteiger partial charge is 0.465 e. The Labute approximate surface area is 54.3 Å². The molecule has 1 atom stereocenters. The van der Waals surface area contributed by atoms with E-state index in [1.807, 2.05) is 0 Å². The number of hydrogen-bond acceptors (Lipinski definition) is 2. The van der Waals surface area contributed by atoms with Crippen LogP contribution in [-0.4, -0.2) is 30.8 Å². The first-order valence-electron chi connectivity index (χ1n) is 2.81.